The molecule has 1 aliphatic carbocycles. The molecule has 0 bridgehead atoms. The largest absolute Gasteiger partial charge is 0.462 e. The van der Waals surface area contributed by atoms with Gasteiger partial charge in [0, 0.05) is 11.7 Å². The first-order chi connectivity index (χ1) is 12.3. The smallest absolute Gasteiger partial charge is 0.338 e. The molecule has 0 aromatic heterocycles. The number of benzene rings is 1. The highest BCUT2D eigenvalue weighted by Gasteiger charge is 2.29. The van der Waals surface area contributed by atoms with Crippen molar-refractivity contribution in [3.8, 4) is 0 Å². The average molecular weight is 382 g/mol. The number of rotatable bonds is 7. The van der Waals surface area contributed by atoms with E-state index in [2.05, 4.69) is 5.32 Å². The number of ether oxygens (including phenoxy) is 1. The van der Waals surface area contributed by atoms with E-state index in [0.29, 0.717) is 17.9 Å². The van der Waals surface area contributed by atoms with Crippen molar-refractivity contribution in [1.82, 2.24) is 4.31 Å². The van der Waals surface area contributed by atoms with Crippen LogP contribution < -0.4 is 5.32 Å². The Hall–Kier alpha value is -1.93. The van der Waals surface area contributed by atoms with Gasteiger partial charge in [-0.2, -0.15) is 4.31 Å². The third kappa shape index (κ3) is 5.81. The molecule has 1 aromatic carbocycles. The summed E-state index contributed by atoms with van der Waals surface area (Å²) in [5, 5.41) is 2.68. The summed E-state index contributed by atoms with van der Waals surface area (Å²) in [6, 6.07) is 6.19. The lowest BCUT2D eigenvalue weighted by atomic mass is 9.95. The molecule has 1 N–H and O–H groups in total. The zero-order valence-corrected chi connectivity index (χ0v) is 16.0. The van der Waals surface area contributed by atoms with Crippen LogP contribution in [0.1, 0.15) is 49.4 Å². The predicted molar refractivity (Wildman–Crippen MR) is 99.5 cm³/mol. The van der Waals surface area contributed by atoms with Gasteiger partial charge in [-0.1, -0.05) is 19.3 Å². The Morgan fingerprint density at radius 3 is 2.31 bits per heavy atom. The van der Waals surface area contributed by atoms with Crippen LogP contribution >= 0.6 is 0 Å². The van der Waals surface area contributed by atoms with Gasteiger partial charge in [-0.05, 0) is 44.0 Å². The molecule has 1 aliphatic rings. The minimum atomic E-state index is -3.46. The number of hydrogen-bond acceptors (Lipinski definition) is 5. The van der Waals surface area contributed by atoms with Gasteiger partial charge in [0.2, 0.25) is 15.9 Å². The van der Waals surface area contributed by atoms with Crippen LogP contribution in [0.3, 0.4) is 0 Å². The van der Waals surface area contributed by atoms with Crippen molar-refractivity contribution in [3.05, 3.63) is 29.8 Å². The molecule has 7 nitrogen and oxygen atoms in total. The number of hydrogen-bond donors (Lipinski definition) is 1. The topological polar surface area (TPSA) is 92.8 Å². The van der Waals surface area contributed by atoms with E-state index in [0.717, 1.165) is 38.4 Å². The van der Waals surface area contributed by atoms with Crippen LogP contribution in [0, 0.1) is 0 Å². The lowest BCUT2D eigenvalue weighted by Crippen LogP contribution is -2.45. The van der Waals surface area contributed by atoms with Crippen LogP contribution in [0.25, 0.3) is 0 Å². The molecule has 0 heterocycles. The van der Waals surface area contributed by atoms with Crippen LogP contribution in [0.2, 0.25) is 0 Å². The first-order valence-electron chi connectivity index (χ1n) is 8.85. The first-order valence-corrected chi connectivity index (χ1v) is 10.7. The number of sulfonamides is 1. The molecule has 8 heteroatoms. The number of nitrogens with one attached hydrogen (secondary N) is 1. The predicted octanol–water partition coefficient (Wildman–Crippen LogP) is 2.40. The van der Waals surface area contributed by atoms with Gasteiger partial charge in [0.15, 0.2) is 0 Å². The van der Waals surface area contributed by atoms with Crippen LogP contribution in [0.15, 0.2) is 24.3 Å². The molecule has 1 fully saturated rings. The van der Waals surface area contributed by atoms with Crippen LogP contribution in [0.5, 0.6) is 0 Å². The molecule has 2 rings (SSSR count). The number of esters is 1. The molecule has 26 heavy (non-hydrogen) atoms. The number of anilines is 1. The van der Waals surface area contributed by atoms with E-state index in [9.17, 15) is 18.0 Å². The molecular formula is C18H26N2O5S. The van der Waals surface area contributed by atoms with Crippen molar-refractivity contribution in [2.45, 2.75) is 45.1 Å². The molecule has 1 aromatic rings. The van der Waals surface area contributed by atoms with Crippen molar-refractivity contribution in [2.75, 3.05) is 24.7 Å². The zero-order valence-electron chi connectivity index (χ0n) is 15.2. The maximum absolute atomic E-state index is 12.3. The fraction of sp³-hybridized carbons (Fsp3) is 0.556. The average Bonchev–Trinajstić information content (AvgIpc) is 2.60. The summed E-state index contributed by atoms with van der Waals surface area (Å²) in [5.41, 5.74) is 0.893. The monoisotopic (exact) mass is 382 g/mol. The van der Waals surface area contributed by atoms with Gasteiger partial charge in [-0.25, -0.2) is 13.2 Å². The van der Waals surface area contributed by atoms with Crippen molar-refractivity contribution >= 4 is 27.6 Å². The van der Waals surface area contributed by atoms with Gasteiger partial charge < -0.3 is 10.1 Å². The minimum Gasteiger partial charge on any atom is -0.462 e. The molecule has 1 amide bonds. The fourth-order valence-electron chi connectivity index (χ4n) is 3.13. The van der Waals surface area contributed by atoms with Crippen molar-refractivity contribution < 1.29 is 22.7 Å². The maximum atomic E-state index is 12.3. The quantitative estimate of drug-likeness (QED) is 0.731. The van der Waals surface area contributed by atoms with E-state index >= 15 is 0 Å². The lowest BCUT2D eigenvalue weighted by Gasteiger charge is -2.31. The Balaban J connectivity index is 2.00. The van der Waals surface area contributed by atoms with Gasteiger partial charge >= 0.3 is 5.97 Å². The minimum absolute atomic E-state index is 0.115. The highest BCUT2D eigenvalue weighted by molar-refractivity contribution is 7.88. The third-order valence-electron chi connectivity index (χ3n) is 4.39. The van der Waals surface area contributed by atoms with Crippen LogP contribution in [-0.2, 0) is 19.6 Å². The van der Waals surface area contributed by atoms with E-state index in [4.69, 9.17) is 4.74 Å². The normalized spacial score (nSPS) is 15.7. The molecule has 0 unspecified atom stereocenters. The second kappa shape index (κ2) is 9.14. The van der Waals surface area contributed by atoms with Gasteiger partial charge in [0.25, 0.3) is 0 Å². The number of nitrogens with zero attached hydrogens (tertiary/aromatic N) is 1. The molecule has 1 saturated carbocycles. The van der Waals surface area contributed by atoms with Gasteiger partial charge in [-0.15, -0.1) is 0 Å². The van der Waals surface area contributed by atoms with E-state index in [1.54, 1.807) is 31.2 Å². The van der Waals surface area contributed by atoms with Gasteiger partial charge in [0.1, 0.15) is 0 Å². The highest BCUT2D eigenvalue weighted by Crippen LogP contribution is 2.24. The van der Waals surface area contributed by atoms with Gasteiger partial charge in [-0.3, -0.25) is 4.79 Å². The van der Waals surface area contributed by atoms with Crippen molar-refractivity contribution in [2.24, 2.45) is 0 Å². The van der Waals surface area contributed by atoms with Gasteiger partial charge in [0.05, 0.1) is 25.0 Å². The molecule has 0 radical (unpaired) electrons. The number of carbonyl (C=O) groups is 2. The fourth-order valence-corrected chi connectivity index (χ4v) is 4.24. The molecule has 0 saturated heterocycles. The molecular weight excluding hydrogens is 356 g/mol. The third-order valence-corrected chi connectivity index (χ3v) is 5.67. The molecule has 144 valence electrons. The Morgan fingerprint density at radius 1 is 1.15 bits per heavy atom. The summed E-state index contributed by atoms with van der Waals surface area (Å²) in [5.74, 6) is -0.823. The number of carbonyl (C=O) groups excluding carboxylic acids is 2. The summed E-state index contributed by atoms with van der Waals surface area (Å²) in [6.07, 6.45) is 5.78. The van der Waals surface area contributed by atoms with E-state index in [1.807, 2.05) is 0 Å². The summed E-state index contributed by atoms with van der Waals surface area (Å²) in [6.45, 7) is 1.81. The highest BCUT2D eigenvalue weighted by atomic mass is 32.2. The van der Waals surface area contributed by atoms with E-state index in [1.165, 1.54) is 4.31 Å². The summed E-state index contributed by atoms with van der Waals surface area (Å²) in [4.78, 5) is 24.0. The lowest BCUT2D eigenvalue weighted by molar-refractivity contribution is -0.116. The Kier molecular flexibility index (Phi) is 7.16. The SMILES string of the molecule is CCOC(=O)c1ccc(NC(=O)CN(C2CCCCC2)S(C)(=O)=O)cc1. The van der Waals surface area contributed by atoms with Crippen LogP contribution in [0.4, 0.5) is 5.69 Å². The second-order valence-electron chi connectivity index (χ2n) is 6.45. The number of amides is 1. The van der Waals surface area contributed by atoms with Crippen LogP contribution in [-0.4, -0.2) is 50.0 Å². The molecule has 0 atom stereocenters. The molecule has 0 spiro atoms. The molecule has 0 aliphatic heterocycles. The Morgan fingerprint density at radius 2 is 1.77 bits per heavy atom. The zero-order chi connectivity index (χ0) is 19.2. The summed E-state index contributed by atoms with van der Waals surface area (Å²) >= 11 is 0. The first kappa shape index (κ1) is 20.4. The van der Waals surface area contributed by atoms with E-state index in [-0.39, 0.29) is 12.6 Å². The maximum Gasteiger partial charge on any atom is 0.338 e. The second-order valence-corrected chi connectivity index (χ2v) is 8.38. The van der Waals surface area contributed by atoms with Crippen molar-refractivity contribution in [3.63, 3.8) is 0 Å². The van der Waals surface area contributed by atoms with E-state index < -0.39 is 21.9 Å². The standard InChI is InChI=1S/C18H26N2O5S/c1-3-25-18(22)14-9-11-15(12-10-14)19-17(21)13-20(26(2,23)24)16-7-5-4-6-8-16/h9-12,16H,3-8,13H2,1-2H3,(H,19,21). The summed E-state index contributed by atoms with van der Waals surface area (Å²) < 4.78 is 30.4. The van der Waals surface area contributed by atoms with Crippen molar-refractivity contribution in [1.29, 1.82) is 0 Å². The Labute approximate surface area is 154 Å². The Bertz CT molecular complexity index is 724. The summed E-state index contributed by atoms with van der Waals surface area (Å²) in [7, 11) is -3.46.